The summed E-state index contributed by atoms with van der Waals surface area (Å²) >= 11 is 0. The number of rotatable bonds is 4. The molecule has 0 aromatic heterocycles. The minimum atomic E-state index is -4.31. The van der Waals surface area contributed by atoms with E-state index >= 15 is 0 Å². The van der Waals surface area contributed by atoms with Crippen LogP contribution < -0.4 is 5.32 Å². The summed E-state index contributed by atoms with van der Waals surface area (Å²) in [6.45, 7) is 8.64. The lowest BCUT2D eigenvalue weighted by molar-refractivity contribution is -0.137. The van der Waals surface area contributed by atoms with Crippen LogP contribution in [-0.4, -0.2) is 12.1 Å². The van der Waals surface area contributed by atoms with Crippen molar-refractivity contribution >= 4 is 5.57 Å². The van der Waals surface area contributed by atoms with E-state index in [0.29, 0.717) is 12.0 Å². The van der Waals surface area contributed by atoms with Gasteiger partial charge in [0.25, 0.3) is 0 Å². The van der Waals surface area contributed by atoms with Crippen LogP contribution in [0.1, 0.15) is 45.2 Å². The molecule has 0 saturated heterocycles. The Morgan fingerprint density at radius 2 is 1.75 bits per heavy atom. The first-order chi connectivity index (χ1) is 9.11. The topological polar surface area (TPSA) is 12.0 Å². The lowest BCUT2D eigenvalue weighted by Gasteiger charge is -2.20. The Labute approximate surface area is 118 Å². The Kier molecular flexibility index (Phi) is 5.40. The largest absolute Gasteiger partial charge is 0.416 e. The molecule has 0 aliphatic carbocycles. The van der Waals surface area contributed by atoms with Crippen LogP contribution in [0.3, 0.4) is 0 Å². The summed E-state index contributed by atoms with van der Waals surface area (Å²) in [5, 5.41) is 3.31. The highest BCUT2D eigenvalue weighted by Crippen LogP contribution is 2.34. The van der Waals surface area contributed by atoms with Crippen molar-refractivity contribution in [1.82, 2.24) is 5.32 Å². The van der Waals surface area contributed by atoms with E-state index in [0.717, 1.165) is 12.6 Å². The number of nitrogens with one attached hydrogen (secondary N) is 1. The molecule has 0 aliphatic heterocycles. The Bertz CT molecular complexity index is 467. The van der Waals surface area contributed by atoms with Crippen molar-refractivity contribution in [2.45, 2.75) is 45.8 Å². The van der Waals surface area contributed by atoms with Crippen LogP contribution in [0.4, 0.5) is 13.2 Å². The Morgan fingerprint density at radius 3 is 2.30 bits per heavy atom. The van der Waals surface area contributed by atoms with Crippen molar-refractivity contribution < 1.29 is 13.2 Å². The summed E-state index contributed by atoms with van der Waals surface area (Å²) in [5.41, 5.74) is 0.368. The number of hydrogen-bond acceptors (Lipinski definition) is 1. The molecule has 1 aromatic rings. The first-order valence-electron chi connectivity index (χ1n) is 6.69. The number of hydrogen-bond donors (Lipinski definition) is 1. The van der Waals surface area contributed by atoms with Crippen molar-refractivity contribution in [1.29, 1.82) is 0 Å². The Hall–Kier alpha value is -1.29. The third-order valence-corrected chi connectivity index (χ3v) is 2.91. The van der Waals surface area contributed by atoms with E-state index in [2.05, 4.69) is 26.1 Å². The number of allylic oxidation sites excluding steroid dienone is 1. The quantitative estimate of drug-likeness (QED) is 0.777. The van der Waals surface area contributed by atoms with E-state index in [1.165, 1.54) is 12.1 Å². The summed E-state index contributed by atoms with van der Waals surface area (Å²) in [6, 6.07) is 5.70. The van der Waals surface area contributed by atoms with E-state index in [9.17, 15) is 13.2 Å². The van der Waals surface area contributed by atoms with Gasteiger partial charge in [0.2, 0.25) is 0 Å². The van der Waals surface area contributed by atoms with Crippen molar-refractivity contribution in [2.75, 3.05) is 6.54 Å². The molecule has 1 rings (SSSR count). The second-order valence-corrected chi connectivity index (χ2v) is 5.90. The second-order valence-electron chi connectivity index (χ2n) is 5.90. The first kappa shape index (κ1) is 16.8. The van der Waals surface area contributed by atoms with Gasteiger partial charge < -0.3 is 5.32 Å². The zero-order chi connectivity index (χ0) is 15.4. The molecule has 1 aromatic carbocycles. The molecule has 0 heterocycles. The molecule has 0 amide bonds. The van der Waals surface area contributed by atoms with Crippen LogP contribution >= 0.6 is 0 Å². The lowest BCUT2D eigenvalue weighted by atomic mass is 9.99. The normalized spacial score (nSPS) is 13.7. The molecule has 20 heavy (non-hydrogen) atoms. The van der Waals surface area contributed by atoms with Crippen LogP contribution in [0.15, 0.2) is 30.3 Å². The molecule has 0 spiro atoms. The Balaban J connectivity index is 2.80. The summed E-state index contributed by atoms with van der Waals surface area (Å²) in [6.07, 6.45) is -1.76. The number of alkyl halides is 3. The second kappa shape index (κ2) is 6.44. The van der Waals surface area contributed by atoms with E-state index in [4.69, 9.17) is 0 Å². The maximum Gasteiger partial charge on any atom is 0.416 e. The van der Waals surface area contributed by atoms with Gasteiger partial charge in [0.1, 0.15) is 0 Å². The van der Waals surface area contributed by atoms with Crippen LogP contribution in [-0.2, 0) is 6.18 Å². The molecule has 1 nitrogen and oxygen atoms in total. The molecule has 1 N–H and O–H groups in total. The third-order valence-electron chi connectivity index (χ3n) is 2.91. The summed E-state index contributed by atoms with van der Waals surface area (Å²) in [7, 11) is 0. The lowest BCUT2D eigenvalue weighted by Crippen LogP contribution is -2.36. The van der Waals surface area contributed by atoms with Gasteiger partial charge in [-0.15, -0.1) is 0 Å². The highest BCUT2D eigenvalue weighted by Gasteiger charge is 2.33. The highest BCUT2D eigenvalue weighted by atomic mass is 19.4. The predicted octanol–water partition coefficient (Wildman–Crippen LogP) is 4.89. The predicted molar refractivity (Wildman–Crippen MR) is 77.5 cm³/mol. The number of benzene rings is 1. The fraction of sp³-hybridized carbons (Fsp3) is 0.500. The van der Waals surface area contributed by atoms with Crippen molar-refractivity contribution in [3.63, 3.8) is 0 Å². The fourth-order valence-electron chi connectivity index (χ4n) is 1.92. The molecule has 4 heteroatoms. The smallest absolute Gasteiger partial charge is 0.312 e. The van der Waals surface area contributed by atoms with Crippen molar-refractivity contribution in [3.8, 4) is 0 Å². The average molecular weight is 285 g/mol. The Morgan fingerprint density at radius 1 is 1.15 bits per heavy atom. The minimum absolute atomic E-state index is 0.0195. The van der Waals surface area contributed by atoms with Crippen LogP contribution in [0.5, 0.6) is 0 Å². The average Bonchev–Trinajstić information content (AvgIpc) is 2.32. The molecule has 0 atom stereocenters. The van der Waals surface area contributed by atoms with Gasteiger partial charge in [0.15, 0.2) is 0 Å². The summed E-state index contributed by atoms with van der Waals surface area (Å²) < 4.78 is 38.7. The molecule has 0 aliphatic rings. The summed E-state index contributed by atoms with van der Waals surface area (Å²) in [5.74, 6) is 0. The van der Waals surface area contributed by atoms with Crippen molar-refractivity contribution in [3.05, 3.63) is 41.5 Å². The third kappa shape index (κ3) is 5.37. The van der Waals surface area contributed by atoms with Crippen LogP contribution in [0.25, 0.3) is 5.57 Å². The summed E-state index contributed by atoms with van der Waals surface area (Å²) in [4.78, 5) is 0. The molecular formula is C16H22F3N. The molecule has 0 unspecified atom stereocenters. The maximum atomic E-state index is 12.9. The monoisotopic (exact) mass is 285 g/mol. The standard InChI is InChI=1S/C16H22F3N/c1-12(8-7-11-20-15(2,3)4)13-9-5-6-10-14(13)16(17,18)19/h5-6,8-10,20H,7,11H2,1-4H3. The van der Waals surface area contributed by atoms with Gasteiger partial charge in [-0.1, -0.05) is 24.3 Å². The van der Waals surface area contributed by atoms with Crippen molar-refractivity contribution in [2.24, 2.45) is 0 Å². The fourth-order valence-corrected chi connectivity index (χ4v) is 1.92. The molecule has 0 bridgehead atoms. The molecule has 112 valence electrons. The first-order valence-corrected chi connectivity index (χ1v) is 6.69. The maximum absolute atomic E-state index is 12.9. The molecule has 0 radical (unpaired) electrons. The van der Waals surface area contributed by atoms with Gasteiger partial charge in [0, 0.05) is 5.54 Å². The zero-order valence-corrected chi connectivity index (χ0v) is 12.4. The van der Waals surface area contributed by atoms with Gasteiger partial charge in [0.05, 0.1) is 5.56 Å². The van der Waals surface area contributed by atoms with Gasteiger partial charge in [-0.25, -0.2) is 0 Å². The van der Waals surface area contributed by atoms with E-state index < -0.39 is 11.7 Å². The van der Waals surface area contributed by atoms with Gasteiger partial charge in [-0.2, -0.15) is 13.2 Å². The zero-order valence-electron chi connectivity index (χ0n) is 12.4. The molecule has 0 saturated carbocycles. The SMILES string of the molecule is CC(=CCCNC(C)(C)C)c1ccccc1C(F)(F)F. The van der Waals surface area contributed by atoms with Gasteiger partial charge in [-0.05, 0) is 57.9 Å². The van der Waals surface area contributed by atoms with Gasteiger partial charge >= 0.3 is 6.18 Å². The van der Waals surface area contributed by atoms with Crippen LogP contribution in [0.2, 0.25) is 0 Å². The van der Waals surface area contributed by atoms with E-state index in [1.54, 1.807) is 13.0 Å². The minimum Gasteiger partial charge on any atom is -0.312 e. The van der Waals surface area contributed by atoms with E-state index in [1.807, 2.05) is 6.08 Å². The molecular weight excluding hydrogens is 263 g/mol. The van der Waals surface area contributed by atoms with Gasteiger partial charge in [-0.3, -0.25) is 0 Å². The van der Waals surface area contributed by atoms with Crippen LogP contribution in [0, 0.1) is 0 Å². The highest BCUT2D eigenvalue weighted by molar-refractivity contribution is 5.67. The van der Waals surface area contributed by atoms with E-state index in [-0.39, 0.29) is 11.1 Å². The molecule has 0 fully saturated rings. The number of halogens is 3.